The summed E-state index contributed by atoms with van der Waals surface area (Å²) in [6.07, 6.45) is 2.10. The molecule has 4 nitrogen and oxygen atoms in total. The van der Waals surface area contributed by atoms with E-state index in [4.69, 9.17) is 4.42 Å². The maximum Gasteiger partial charge on any atom is 0.221 e. The Kier molecular flexibility index (Phi) is 5.05. The molecule has 0 spiro atoms. The molecule has 0 bridgehead atoms. The molecule has 2 N–H and O–H groups in total. The van der Waals surface area contributed by atoms with E-state index in [9.17, 15) is 4.79 Å². The standard InChI is InChI=1S/C12H20N2O2/c1-9(2)13-7-6-12(15)14-10(3)11-5-4-8-16-11/h4-5,8-10,13H,6-7H2,1-3H3,(H,14,15)/t10-/m1/s1. The molecule has 0 aliphatic rings. The number of rotatable bonds is 6. The van der Waals surface area contributed by atoms with Crippen LogP contribution in [0.2, 0.25) is 0 Å². The second kappa shape index (κ2) is 6.33. The maximum absolute atomic E-state index is 11.5. The fourth-order valence-electron chi connectivity index (χ4n) is 1.40. The van der Waals surface area contributed by atoms with Gasteiger partial charge in [-0.1, -0.05) is 13.8 Å². The van der Waals surface area contributed by atoms with Gasteiger partial charge in [-0.2, -0.15) is 0 Å². The number of carbonyl (C=O) groups excluding carboxylic acids is 1. The molecular weight excluding hydrogens is 204 g/mol. The maximum atomic E-state index is 11.5. The molecule has 1 amide bonds. The minimum Gasteiger partial charge on any atom is -0.467 e. The first-order chi connectivity index (χ1) is 7.59. The smallest absolute Gasteiger partial charge is 0.221 e. The topological polar surface area (TPSA) is 54.3 Å². The molecule has 1 atom stereocenters. The van der Waals surface area contributed by atoms with E-state index in [1.165, 1.54) is 0 Å². The average molecular weight is 224 g/mol. The van der Waals surface area contributed by atoms with Crippen LogP contribution < -0.4 is 10.6 Å². The van der Waals surface area contributed by atoms with Crippen LogP contribution in [0, 0.1) is 0 Å². The first-order valence-electron chi connectivity index (χ1n) is 5.65. The molecule has 4 heteroatoms. The average Bonchev–Trinajstić information content (AvgIpc) is 2.69. The number of amides is 1. The van der Waals surface area contributed by atoms with Gasteiger partial charge in [0.05, 0.1) is 12.3 Å². The van der Waals surface area contributed by atoms with Crippen molar-refractivity contribution in [2.75, 3.05) is 6.54 Å². The molecule has 0 saturated heterocycles. The summed E-state index contributed by atoms with van der Waals surface area (Å²) >= 11 is 0. The molecule has 16 heavy (non-hydrogen) atoms. The van der Waals surface area contributed by atoms with Crippen LogP contribution in [0.25, 0.3) is 0 Å². The summed E-state index contributed by atoms with van der Waals surface area (Å²) in [4.78, 5) is 11.5. The van der Waals surface area contributed by atoms with Crippen molar-refractivity contribution in [2.24, 2.45) is 0 Å². The van der Waals surface area contributed by atoms with Crippen molar-refractivity contribution in [3.05, 3.63) is 24.2 Å². The molecule has 0 fully saturated rings. The first-order valence-corrected chi connectivity index (χ1v) is 5.65. The van der Waals surface area contributed by atoms with E-state index in [1.54, 1.807) is 6.26 Å². The summed E-state index contributed by atoms with van der Waals surface area (Å²) in [7, 11) is 0. The lowest BCUT2D eigenvalue weighted by molar-refractivity contribution is -0.121. The second-order valence-electron chi connectivity index (χ2n) is 4.16. The van der Waals surface area contributed by atoms with Gasteiger partial charge >= 0.3 is 0 Å². The highest BCUT2D eigenvalue weighted by Crippen LogP contribution is 2.11. The lowest BCUT2D eigenvalue weighted by Gasteiger charge is -2.12. The summed E-state index contributed by atoms with van der Waals surface area (Å²) in [5, 5.41) is 6.08. The van der Waals surface area contributed by atoms with Crippen LogP contribution in [0.4, 0.5) is 0 Å². The van der Waals surface area contributed by atoms with Crippen molar-refractivity contribution in [3.63, 3.8) is 0 Å². The largest absolute Gasteiger partial charge is 0.467 e. The van der Waals surface area contributed by atoms with Crippen molar-refractivity contribution < 1.29 is 9.21 Å². The summed E-state index contributed by atoms with van der Waals surface area (Å²) in [6, 6.07) is 4.02. The molecule has 0 unspecified atom stereocenters. The zero-order chi connectivity index (χ0) is 12.0. The Morgan fingerprint density at radius 2 is 2.19 bits per heavy atom. The molecular formula is C12H20N2O2. The quantitative estimate of drug-likeness (QED) is 0.775. The molecule has 0 radical (unpaired) electrons. The van der Waals surface area contributed by atoms with Crippen LogP contribution in [-0.2, 0) is 4.79 Å². The van der Waals surface area contributed by atoms with Crippen molar-refractivity contribution >= 4 is 5.91 Å². The van der Waals surface area contributed by atoms with E-state index in [0.29, 0.717) is 19.0 Å². The molecule has 1 rings (SSSR count). The predicted octanol–water partition coefficient (Wildman–Crippen LogP) is 1.84. The van der Waals surface area contributed by atoms with Gasteiger partial charge < -0.3 is 15.1 Å². The van der Waals surface area contributed by atoms with Crippen LogP contribution in [0.1, 0.15) is 39.0 Å². The Morgan fingerprint density at radius 1 is 1.44 bits per heavy atom. The Morgan fingerprint density at radius 3 is 2.75 bits per heavy atom. The molecule has 1 aromatic rings. The molecule has 0 aliphatic heterocycles. The van der Waals surface area contributed by atoms with E-state index in [0.717, 1.165) is 5.76 Å². The zero-order valence-electron chi connectivity index (χ0n) is 10.1. The van der Waals surface area contributed by atoms with Gasteiger partial charge in [-0.15, -0.1) is 0 Å². The molecule has 90 valence electrons. The van der Waals surface area contributed by atoms with E-state index < -0.39 is 0 Å². The second-order valence-corrected chi connectivity index (χ2v) is 4.16. The molecule has 1 aromatic heterocycles. The Labute approximate surface area is 96.4 Å². The first kappa shape index (κ1) is 12.8. The highest BCUT2D eigenvalue weighted by Gasteiger charge is 2.11. The fourth-order valence-corrected chi connectivity index (χ4v) is 1.40. The van der Waals surface area contributed by atoms with Crippen molar-refractivity contribution in [3.8, 4) is 0 Å². The summed E-state index contributed by atoms with van der Waals surface area (Å²) in [5.74, 6) is 0.821. The zero-order valence-corrected chi connectivity index (χ0v) is 10.1. The summed E-state index contributed by atoms with van der Waals surface area (Å²) < 4.78 is 5.21. The van der Waals surface area contributed by atoms with Gasteiger partial charge in [0, 0.05) is 19.0 Å². The number of nitrogens with one attached hydrogen (secondary N) is 2. The van der Waals surface area contributed by atoms with Crippen molar-refractivity contribution in [1.82, 2.24) is 10.6 Å². The predicted molar refractivity (Wildman–Crippen MR) is 63.0 cm³/mol. The number of hydrogen-bond acceptors (Lipinski definition) is 3. The molecule has 0 saturated carbocycles. The van der Waals surface area contributed by atoms with Gasteiger partial charge in [-0.3, -0.25) is 4.79 Å². The highest BCUT2D eigenvalue weighted by molar-refractivity contribution is 5.76. The third-order valence-corrected chi connectivity index (χ3v) is 2.25. The van der Waals surface area contributed by atoms with Gasteiger partial charge in [-0.25, -0.2) is 0 Å². The Bertz CT molecular complexity index is 307. The van der Waals surface area contributed by atoms with E-state index in [2.05, 4.69) is 24.5 Å². The normalized spacial score (nSPS) is 12.8. The van der Waals surface area contributed by atoms with Crippen LogP contribution >= 0.6 is 0 Å². The summed E-state index contributed by atoms with van der Waals surface area (Å²) in [6.45, 7) is 6.73. The minimum absolute atomic E-state index is 0.0389. The lowest BCUT2D eigenvalue weighted by atomic mass is 10.2. The van der Waals surface area contributed by atoms with E-state index >= 15 is 0 Å². The number of carbonyl (C=O) groups is 1. The Balaban J connectivity index is 2.24. The minimum atomic E-state index is -0.0680. The van der Waals surface area contributed by atoms with Crippen LogP contribution in [0.5, 0.6) is 0 Å². The van der Waals surface area contributed by atoms with Gasteiger partial charge in [0.2, 0.25) is 5.91 Å². The van der Waals surface area contributed by atoms with E-state index in [1.807, 2.05) is 19.1 Å². The third-order valence-electron chi connectivity index (χ3n) is 2.25. The number of furan rings is 1. The van der Waals surface area contributed by atoms with Crippen LogP contribution in [0.3, 0.4) is 0 Å². The van der Waals surface area contributed by atoms with Gasteiger partial charge in [0.15, 0.2) is 0 Å². The monoisotopic (exact) mass is 224 g/mol. The van der Waals surface area contributed by atoms with Crippen LogP contribution in [0.15, 0.2) is 22.8 Å². The van der Waals surface area contributed by atoms with Gasteiger partial charge in [0.25, 0.3) is 0 Å². The molecule has 1 heterocycles. The molecule has 0 aliphatic carbocycles. The Hall–Kier alpha value is -1.29. The number of hydrogen-bond donors (Lipinski definition) is 2. The summed E-state index contributed by atoms with van der Waals surface area (Å²) in [5.41, 5.74) is 0. The SMILES string of the molecule is CC(C)NCCC(=O)N[C@H](C)c1ccco1. The van der Waals surface area contributed by atoms with Gasteiger partial charge in [-0.05, 0) is 19.1 Å². The van der Waals surface area contributed by atoms with Crippen molar-refractivity contribution in [1.29, 1.82) is 0 Å². The molecule has 0 aromatic carbocycles. The third kappa shape index (κ3) is 4.49. The van der Waals surface area contributed by atoms with Gasteiger partial charge in [0.1, 0.15) is 5.76 Å². The fraction of sp³-hybridized carbons (Fsp3) is 0.583. The lowest BCUT2D eigenvalue weighted by Crippen LogP contribution is -2.31. The highest BCUT2D eigenvalue weighted by atomic mass is 16.3. The van der Waals surface area contributed by atoms with Crippen molar-refractivity contribution in [2.45, 2.75) is 39.3 Å². The van der Waals surface area contributed by atoms with E-state index in [-0.39, 0.29) is 11.9 Å². The van der Waals surface area contributed by atoms with Crippen LogP contribution in [-0.4, -0.2) is 18.5 Å².